The lowest BCUT2D eigenvalue weighted by Gasteiger charge is -2.09. The average Bonchev–Trinajstić information content (AvgIpc) is 2.41. The highest BCUT2D eigenvalue weighted by molar-refractivity contribution is 9.10. The first-order chi connectivity index (χ1) is 9.20. The van der Waals surface area contributed by atoms with Crippen LogP contribution in [0.1, 0.15) is 6.42 Å². The van der Waals surface area contributed by atoms with Crippen LogP contribution in [0.5, 0.6) is 0 Å². The quantitative estimate of drug-likeness (QED) is 0.521. The van der Waals surface area contributed by atoms with Crippen LogP contribution in [0, 0.1) is 0 Å². The molecule has 0 aliphatic rings. The number of aliphatic hydroxyl groups is 1. The second-order valence-corrected chi connectivity index (χ2v) is 4.56. The molecule has 0 radical (unpaired) electrons. The van der Waals surface area contributed by atoms with Gasteiger partial charge in [-0.05, 0) is 22.4 Å². The molecule has 2 N–H and O–H groups in total. The number of hydrogen-bond acceptors (Lipinski definition) is 5. The molecule has 0 unspecified atom stereocenters. The van der Waals surface area contributed by atoms with Gasteiger partial charge in [0.25, 0.3) is 5.56 Å². The number of halogens is 1. The number of rotatable bonds is 9. The first-order valence-electron chi connectivity index (χ1n) is 5.99. The van der Waals surface area contributed by atoms with Crippen LogP contribution in [0.3, 0.4) is 0 Å². The monoisotopic (exact) mass is 331 g/mol. The van der Waals surface area contributed by atoms with E-state index in [1.165, 1.54) is 4.68 Å². The van der Waals surface area contributed by atoms with Gasteiger partial charge in [-0.2, -0.15) is 5.10 Å². The third-order valence-corrected chi connectivity index (χ3v) is 3.07. The minimum absolute atomic E-state index is 0.0322. The second kappa shape index (κ2) is 8.84. The first-order valence-corrected chi connectivity index (χ1v) is 6.79. The Balaban J connectivity index is 2.48. The van der Waals surface area contributed by atoms with Crippen molar-refractivity contribution in [1.82, 2.24) is 9.78 Å². The van der Waals surface area contributed by atoms with Crippen molar-refractivity contribution in [1.29, 1.82) is 0 Å². The van der Waals surface area contributed by atoms with Gasteiger partial charge in [0.2, 0.25) is 0 Å². The molecule has 6 nitrogen and oxygen atoms in total. The van der Waals surface area contributed by atoms with E-state index in [4.69, 9.17) is 9.84 Å². The molecule has 0 spiro atoms. The van der Waals surface area contributed by atoms with Crippen molar-refractivity contribution in [2.75, 3.05) is 31.7 Å². The summed E-state index contributed by atoms with van der Waals surface area (Å²) in [5.74, 6) is 0. The van der Waals surface area contributed by atoms with Crippen molar-refractivity contribution >= 4 is 21.6 Å². The van der Waals surface area contributed by atoms with Crippen LogP contribution >= 0.6 is 15.9 Å². The molecule has 0 amide bonds. The van der Waals surface area contributed by atoms with E-state index in [2.05, 4.69) is 32.9 Å². The number of ether oxygens (including phenoxy) is 1. The van der Waals surface area contributed by atoms with Crippen molar-refractivity contribution in [3.63, 3.8) is 0 Å². The van der Waals surface area contributed by atoms with E-state index >= 15 is 0 Å². The second-order valence-electron chi connectivity index (χ2n) is 3.76. The topological polar surface area (TPSA) is 76.4 Å². The molecule has 0 fully saturated rings. The van der Waals surface area contributed by atoms with Gasteiger partial charge in [0.15, 0.2) is 0 Å². The van der Waals surface area contributed by atoms with Gasteiger partial charge in [0.05, 0.1) is 31.6 Å². The molecule has 0 aliphatic heterocycles. The lowest BCUT2D eigenvalue weighted by Crippen LogP contribution is -2.24. The van der Waals surface area contributed by atoms with Crippen LogP contribution in [-0.2, 0) is 11.3 Å². The number of hydrogen-bond donors (Lipinski definition) is 2. The molecule has 0 saturated heterocycles. The van der Waals surface area contributed by atoms with Crippen molar-refractivity contribution < 1.29 is 9.84 Å². The number of nitrogens with zero attached hydrogens (tertiary/aromatic N) is 2. The minimum atomic E-state index is -0.193. The Labute approximate surface area is 120 Å². The number of allylic oxidation sites excluding steroid dienone is 1. The fourth-order valence-electron chi connectivity index (χ4n) is 1.40. The van der Waals surface area contributed by atoms with E-state index in [-0.39, 0.29) is 12.2 Å². The lowest BCUT2D eigenvalue weighted by molar-refractivity contribution is 0.0922. The summed E-state index contributed by atoms with van der Waals surface area (Å²) in [7, 11) is 0. The Hall–Kier alpha value is -1.18. The van der Waals surface area contributed by atoms with Crippen LogP contribution in [0.2, 0.25) is 0 Å². The maximum absolute atomic E-state index is 11.9. The van der Waals surface area contributed by atoms with Crippen molar-refractivity contribution in [3.05, 3.63) is 33.7 Å². The summed E-state index contributed by atoms with van der Waals surface area (Å²) in [5, 5.41) is 15.7. The van der Waals surface area contributed by atoms with E-state index in [0.29, 0.717) is 36.5 Å². The fraction of sp³-hybridized carbons (Fsp3) is 0.500. The number of nitrogens with one attached hydrogen (secondary N) is 1. The summed E-state index contributed by atoms with van der Waals surface area (Å²) in [6.07, 6.45) is 4.00. The summed E-state index contributed by atoms with van der Waals surface area (Å²) >= 11 is 3.26. The number of aliphatic hydroxyl groups excluding tert-OH is 1. The minimum Gasteiger partial charge on any atom is -0.394 e. The van der Waals surface area contributed by atoms with Gasteiger partial charge < -0.3 is 15.2 Å². The Morgan fingerprint density at radius 1 is 1.58 bits per heavy atom. The first kappa shape index (κ1) is 15.9. The Bertz CT molecular complexity index is 462. The van der Waals surface area contributed by atoms with E-state index in [0.717, 1.165) is 6.42 Å². The zero-order chi connectivity index (χ0) is 14.1. The van der Waals surface area contributed by atoms with Crippen molar-refractivity contribution in [3.8, 4) is 0 Å². The average molecular weight is 332 g/mol. The summed E-state index contributed by atoms with van der Waals surface area (Å²) < 4.78 is 6.92. The zero-order valence-corrected chi connectivity index (χ0v) is 12.2. The molecule has 19 heavy (non-hydrogen) atoms. The maximum atomic E-state index is 11.9. The van der Waals surface area contributed by atoms with Gasteiger partial charge in [0, 0.05) is 13.2 Å². The van der Waals surface area contributed by atoms with Crippen molar-refractivity contribution in [2.45, 2.75) is 13.0 Å². The van der Waals surface area contributed by atoms with Crippen molar-refractivity contribution in [2.24, 2.45) is 0 Å². The smallest absolute Gasteiger partial charge is 0.283 e. The normalized spacial score (nSPS) is 10.4. The van der Waals surface area contributed by atoms with Crippen LogP contribution < -0.4 is 10.9 Å². The van der Waals surface area contributed by atoms with E-state index < -0.39 is 0 Å². The predicted octanol–water partition coefficient (Wildman–Crippen LogP) is 1.00. The molecule has 0 saturated carbocycles. The van der Waals surface area contributed by atoms with Gasteiger partial charge in [-0.1, -0.05) is 6.08 Å². The van der Waals surface area contributed by atoms with Gasteiger partial charge in [-0.25, -0.2) is 4.68 Å². The predicted molar refractivity (Wildman–Crippen MR) is 77.4 cm³/mol. The lowest BCUT2D eigenvalue weighted by atomic mass is 10.4. The van der Waals surface area contributed by atoms with E-state index in [1.54, 1.807) is 12.3 Å². The molecule has 1 aromatic rings. The van der Waals surface area contributed by atoms with Gasteiger partial charge >= 0.3 is 0 Å². The fourth-order valence-corrected chi connectivity index (χ4v) is 1.85. The van der Waals surface area contributed by atoms with Gasteiger partial charge in [0.1, 0.15) is 4.47 Å². The molecular weight excluding hydrogens is 314 g/mol. The number of anilines is 1. The van der Waals surface area contributed by atoms with Crippen LogP contribution in [0.15, 0.2) is 28.1 Å². The molecule has 7 heteroatoms. The molecule has 0 aromatic carbocycles. The highest BCUT2D eigenvalue weighted by Crippen LogP contribution is 2.15. The highest BCUT2D eigenvalue weighted by Gasteiger charge is 2.07. The number of aromatic nitrogens is 2. The highest BCUT2D eigenvalue weighted by atomic mass is 79.9. The van der Waals surface area contributed by atoms with Crippen LogP contribution in [-0.4, -0.2) is 41.3 Å². The molecule has 106 valence electrons. The molecular formula is C12H18BrN3O3. The molecule has 1 heterocycles. The largest absolute Gasteiger partial charge is 0.394 e. The molecule has 1 rings (SSSR count). The molecule has 1 aromatic heterocycles. The third kappa shape index (κ3) is 5.14. The summed E-state index contributed by atoms with van der Waals surface area (Å²) in [4.78, 5) is 11.9. The van der Waals surface area contributed by atoms with Gasteiger partial charge in [-0.15, -0.1) is 6.58 Å². The standard InChI is InChI=1S/C12H18BrN3O3/c1-2-5-16-12(18)11(13)10(9-15-16)14-4-3-7-19-8-6-17/h2,9,14,17H,1,3-8H2. The Kier molecular flexibility index (Phi) is 7.39. The SMILES string of the molecule is C=CCn1ncc(NCCCOCCO)c(Br)c1=O. The van der Waals surface area contributed by atoms with Crippen LogP contribution in [0.4, 0.5) is 5.69 Å². The van der Waals surface area contributed by atoms with E-state index in [1.807, 2.05) is 0 Å². The molecule has 0 aliphatic carbocycles. The molecule has 0 bridgehead atoms. The van der Waals surface area contributed by atoms with Gasteiger partial charge in [-0.3, -0.25) is 4.79 Å². The third-order valence-electron chi connectivity index (χ3n) is 2.30. The Morgan fingerprint density at radius 2 is 2.37 bits per heavy atom. The summed E-state index contributed by atoms with van der Waals surface area (Å²) in [5.41, 5.74) is 0.467. The van der Waals surface area contributed by atoms with E-state index in [9.17, 15) is 4.79 Å². The Morgan fingerprint density at radius 3 is 3.05 bits per heavy atom. The summed E-state index contributed by atoms with van der Waals surface area (Å²) in [6, 6.07) is 0. The van der Waals surface area contributed by atoms with Crippen LogP contribution in [0.25, 0.3) is 0 Å². The summed E-state index contributed by atoms with van der Waals surface area (Å²) in [6.45, 7) is 5.56. The molecule has 0 atom stereocenters. The zero-order valence-electron chi connectivity index (χ0n) is 10.6. The maximum Gasteiger partial charge on any atom is 0.283 e.